The Morgan fingerprint density at radius 2 is 2.31 bits per heavy atom. The van der Waals surface area contributed by atoms with Crippen LogP contribution in [0.2, 0.25) is 0 Å². The van der Waals surface area contributed by atoms with Crippen LogP contribution in [0, 0.1) is 5.92 Å². The van der Waals surface area contributed by atoms with Crippen LogP contribution in [0.15, 0.2) is 4.60 Å². The second-order valence-electron chi connectivity index (χ2n) is 3.63. The molecule has 1 saturated heterocycles. The van der Waals surface area contributed by atoms with Gasteiger partial charge in [-0.25, -0.2) is 0 Å². The summed E-state index contributed by atoms with van der Waals surface area (Å²) >= 11 is 3.43. The molecule has 2 heterocycles. The van der Waals surface area contributed by atoms with Crippen molar-refractivity contribution in [2.75, 3.05) is 13.1 Å². The van der Waals surface area contributed by atoms with Crippen LogP contribution in [0.4, 0.5) is 0 Å². The molecule has 0 amide bonds. The second-order valence-corrected chi connectivity index (χ2v) is 4.38. The molecule has 0 bridgehead atoms. The lowest BCUT2D eigenvalue weighted by atomic mass is 9.95. The van der Waals surface area contributed by atoms with Crippen molar-refractivity contribution in [1.29, 1.82) is 0 Å². The molecule has 2 rings (SSSR count). The van der Waals surface area contributed by atoms with Crippen LogP contribution in [-0.4, -0.2) is 28.1 Å². The van der Waals surface area contributed by atoms with Gasteiger partial charge in [0.25, 0.3) is 0 Å². The number of nitrogens with zero attached hydrogens (tertiary/aromatic N) is 3. The number of hydrogen-bond donors (Lipinski definition) is 1. The van der Waals surface area contributed by atoms with Gasteiger partial charge in [0.2, 0.25) is 0 Å². The number of aryl methyl sites for hydroxylation is 1. The first-order valence-corrected chi connectivity index (χ1v) is 5.25. The summed E-state index contributed by atoms with van der Waals surface area (Å²) in [6, 6.07) is 0. The number of aromatic nitrogens is 3. The standard InChI is InChI=1S/C8H13BrN4/c1-5-3-10-4-6(5)7-8(9)11-12-13(7)2/h5-6,10H,3-4H2,1-2H3. The van der Waals surface area contributed by atoms with Crippen LogP contribution >= 0.6 is 15.9 Å². The highest BCUT2D eigenvalue weighted by atomic mass is 79.9. The zero-order chi connectivity index (χ0) is 9.42. The molecular weight excluding hydrogens is 232 g/mol. The van der Waals surface area contributed by atoms with Gasteiger partial charge < -0.3 is 5.32 Å². The van der Waals surface area contributed by atoms with Crippen LogP contribution in [-0.2, 0) is 7.05 Å². The van der Waals surface area contributed by atoms with Crippen molar-refractivity contribution in [3.63, 3.8) is 0 Å². The first kappa shape index (κ1) is 9.15. The monoisotopic (exact) mass is 244 g/mol. The summed E-state index contributed by atoms with van der Waals surface area (Å²) in [5, 5.41) is 11.4. The van der Waals surface area contributed by atoms with Crippen molar-refractivity contribution in [3.8, 4) is 0 Å². The molecule has 4 nitrogen and oxygen atoms in total. The molecule has 0 aliphatic carbocycles. The van der Waals surface area contributed by atoms with Crippen LogP contribution < -0.4 is 5.32 Å². The van der Waals surface area contributed by atoms with Gasteiger partial charge in [-0.3, -0.25) is 4.68 Å². The molecule has 13 heavy (non-hydrogen) atoms. The summed E-state index contributed by atoms with van der Waals surface area (Å²) in [6.45, 7) is 4.37. The van der Waals surface area contributed by atoms with E-state index in [0.717, 1.165) is 17.7 Å². The van der Waals surface area contributed by atoms with Crippen molar-refractivity contribution in [2.24, 2.45) is 13.0 Å². The van der Waals surface area contributed by atoms with Gasteiger partial charge in [-0.2, -0.15) is 0 Å². The maximum atomic E-state index is 4.00. The second kappa shape index (κ2) is 3.38. The van der Waals surface area contributed by atoms with E-state index < -0.39 is 0 Å². The van der Waals surface area contributed by atoms with E-state index in [9.17, 15) is 0 Å². The number of rotatable bonds is 1. The fourth-order valence-electron chi connectivity index (χ4n) is 1.91. The predicted octanol–water partition coefficient (Wildman–Crippen LogP) is 0.900. The molecule has 1 fully saturated rings. The van der Waals surface area contributed by atoms with Gasteiger partial charge in [-0.1, -0.05) is 12.1 Å². The molecule has 1 aliphatic heterocycles. The Labute approximate surface area is 85.8 Å². The third kappa shape index (κ3) is 1.50. The SMILES string of the molecule is CC1CNCC1c1c(Br)nnn1C. The Kier molecular flexibility index (Phi) is 2.38. The summed E-state index contributed by atoms with van der Waals surface area (Å²) in [5.41, 5.74) is 1.21. The summed E-state index contributed by atoms with van der Waals surface area (Å²) in [7, 11) is 1.94. The van der Waals surface area contributed by atoms with E-state index in [2.05, 4.69) is 38.5 Å². The van der Waals surface area contributed by atoms with Gasteiger partial charge in [0.15, 0.2) is 4.60 Å². The molecule has 5 heteroatoms. The third-order valence-corrected chi connectivity index (χ3v) is 3.26. The highest BCUT2D eigenvalue weighted by Gasteiger charge is 2.29. The van der Waals surface area contributed by atoms with Crippen LogP contribution in [0.1, 0.15) is 18.5 Å². The Morgan fingerprint density at radius 1 is 1.54 bits per heavy atom. The van der Waals surface area contributed by atoms with Crippen LogP contribution in [0.25, 0.3) is 0 Å². The summed E-state index contributed by atoms with van der Waals surface area (Å²) < 4.78 is 2.74. The fourth-order valence-corrected chi connectivity index (χ4v) is 2.53. The maximum Gasteiger partial charge on any atom is 0.151 e. The number of halogens is 1. The Hall–Kier alpha value is -0.420. The van der Waals surface area contributed by atoms with Gasteiger partial charge in [0.1, 0.15) is 0 Å². The van der Waals surface area contributed by atoms with E-state index >= 15 is 0 Å². The molecule has 1 aromatic heterocycles. The van der Waals surface area contributed by atoms with Crippen LogP contribution in [0.5, 0.6) is 0 Å². The summed E-state index contributed by atoms with van der Waals surface area (Å²) in [4.78, 5) is 0. The lowest BCUT2D eigenvalue weighted by Gasteiger charge is -2.13. The Balaban J connectivity index is 2.33. The molecule has 0 spiro atoms. The topological polar surface area (TPSA) is 42.7 Å². The smallest absolute Gasteiger partial charge is 0.151 e. The molecule has 1 aliphatic rings. The van der Waals surface area contributed by atoms with E-state index in [0.29, 0.717) is 11.8 Å². The Bertz CT molecular complexity index is 290. The van der Waals surface area contributed by atoms with Gasteiger partial charge in [0.05, 0.1) is 5.69 Å². The molecular formula is C8H13BrN4. The summed E-state index contributed by atoms with van der Waals surface area (Å²) in [6.07, 6.45) is 0. The fraction of sp³-hybridized carbons (Fsp3) is 0.750. The molecule has 2 unspecified atom stereocenters. The molecule has 0 saturated carbocycles. The van der Waals surface area contributed by atoms with E-state index in [1.165, 1.54) is 5.69 Å². The molecule has 2 atom stereocenters. The average Bonchev–Trinajstić information content (AvgIpc) is 2.60. The van der Waals surface area contributed by atoms with E-state index in [1.54, 1.807) is 0 Å². The number of hydrogen-bond acceptors (Lipinski definition) is 3. The minimum absolute atomic E-state index is 0.536. The lowest BCUT2D eigenvalue weighted by molar-refractivity contribution is 0.527. The summed E-state index contributed by atoms with van der Waals surface area (Å²) in [5.74, 6) is 1.20. The zero-order valence-corrected chi connectivity index (χ0v) is 9.37. The molecule has 72 valence electrons. The van der Waals surface area contributed by atoms with Gasteiger partial charge in [-0.15, -0.1) is 5.10 Å². The van der Waals surface area contributed by atoms with Crippen molar-refractivity contribution in [1.82, 2.24) is 20.3 Å². The average molecular weight is 245 g/mol. The lowest BCUT2D eigenvalue weighted by Crippen LogP contribution is -2.12. The molecule has 0 aromatic carbocycles. The van der Waals surface area contributed by atoms with E-state index in [1.807, 2.05) is 11.7 Å². The van der Waals surface area contributed by atoms with Crippen molar-refractivity contribution in [2.45, 2.75) is 12.8 Å². The quantitative estimate of drug-likeness (QED) is 0.799. The van der Waals surface area contributed by atoms with Gasteiger partial charge >= 0.3 is 0 Å². The van der Waals surface area contributed by atoms with Crippen molar-refractivity contribution < 1.29 is 0 Å². The highest BCUT2D eigenvalue weighted by molar-refractivity contribution is 9.10. The molecule has 1 N–H and O–H groups in total. The third-order valence-electron chi connectivity index (χ3n) is 2.70. The van der Waals surface area contributed by atoms with Crippen molar-refractivity contribution in [3.05, 3.63) is 10.3 Å². The highest BCUT2D eigenvalue weighted by Crippen LogP contribution is 2.30. The van der Waals surface area contributed by atoms with Gasteiger partial charge in [0, 0.05) is 19.5 Å². The number of nitrogens with one attached hydrogen (secondary N) is 1. The normalized spacial score (nSPS) is 28.2. The van der Waals surface area contributed by atoms with Crippen LogP contribution in [0.3, 0.4) is 0 Å². The minimum atomic E-state index is 0.536. The zero-order valence-electron chi connectivity index (χ0n) is 7.79. The van der Waals surface area contributed by atoms with Crippen molar-refractivity contribution >= 4 is 15.9 Å². The minimum Gasteiger partial charge on any atom is -0.316 e. The first-order chi connectivity index (χ1) is 6.20. The predicted molar refractivity (Wildman–Crippen MR) is 53.5 cm³/mol. The van der Waals surface area contributed by atoms with E-state index in [-0.39, 0.29) is 0 Å². The largest absolute Gasteiger partial charge is 0.316 e. The molecule has 1 aromatic rings. The molecule has 0 radical (unpaired) electrons. The first-order valence-electron chi connectivity index (χ1n) is 4.46. The van der Waals surface area contributed by atoms with Gasteiger partial charge in [-0.05, 0) is 28.4 Å². The maximum absolute atomic E-state index is 4.00. The van der Waals surface area contributed by atoms with E-state index in [4.69, 9.17) is 0 Å². The Morgan fingerprint density at radius 3 is 2.77 bits per heavy atom.